The molecule has 92 valence electrons. The van der Waals surface area contributed by atoms with Crippen LogP contribution in [-0.4, -0.2) is 41.2 Å². The summed E-state index contributed by atoms with van der Waals surface area (Å²) in [5, 5.41) is 5.83. The zero-order valence-electron chi connectivity index (χ0n) is 9.19. The minimum absolute atomic E-state index is 0.117. The quantitative estimate of drug-likeness (QED) is 0.672. The molecule has 2 rings (SSSR count). The van der Waals surface area contributed by atoms with Crippen LogP contribution in [0.1, 0.15) is 16.9 Å². The standard InChI is InChI=1S/C10H14FN5O/c11-6-5-13-3-1-7(6)15-10-14-4-2-8(16-10)9(12)17/h2,4,6-7,13H,1,3,5H2,(H2,12,17)(H,14,15,16)/t6-,7+/m0/s1. The van der Waals surface area contributed by atoms with Gasteiger partial charge >= 0.3 is 0 Å². The summed E-state index contributed by atoms with van der Waals surface area (Å²) in [5.41, 5.74) is 5.22. The maximum Gasteiger partial charge on any atom is 0.267 e. The molecule has 2 atom stereocenters. The van der Waals surface area contributed by atoms with Crippen LogP contribution < -0.4 is 16.4 Å². The lowest BCUT2D eigenvalue weighted by Crippen LogP contribution is -2.45. The first-order valence-electron chi connectivity index (χ1n) is 5.41. The van der Waals surface area contributed by atoms with Gasteiger partial charge in [-0.1, -0.05) is 0 Å². The van der Waals surface area contributed by atoms with E-state index in [0.717, 1.165) is 6.54 Å². The lowest BCUT2D eigenvalue weighted by atomic mass is 10.1. The third-order valence-electron chi connectivity index (χ3n) is 2.63. The molecule has 7 heteroatoms. The van der Waals surface area contributed by atoms with Gasteiger partial charge in [0.05, 0.1) is 6.04 Å². The molecule has 0 spiro atoms. The number of rotatable bonds is 3. The van der Waals surface area contributed by atoms with E-state index >= 15 is 0 Å². The van der Waals surface area contributed by atoms with Crippen LogP contribution in [0, 0.1) is 0 Å². The number of nitrogens with one attached hydrogen (secondary N) is 2. The van der Waals surface area contributed by atoms with E-state index in [1.54, 1.807) is 0 Å². The molecular weight excluding hydrogens is 225 g/mol. The summed E-state index contributed by atoms with van der Waals surface area (Å²) in [6.07, 6.45) is 1.07. The van der Waals surface area contributed by atoms with E-state index in [-0.39, 0.29) is 17.7 Å². The van der Waals surface area contributed by atoms with Crippen LogP contribution in [0.15, 0.2) is 12.3 Å². The van der Waals surface area contributed by atoms with Gasteiger partial charge in [-0.05, 0) is 19.0 Å². The molecule has 1 aliphatic heterocycles. The zero-order chi connectivity index (χ0) is 12.3. The molecule has 1 amide bonds. The second kappa shape index (κ2) is 5.05. The van der Waals surface area contributed by atoms with Gasteiger partial charge in [0.25, 0.3) is 5.91 Å². The van der Waals surface area contributed by atoms with Gasteiger partial charge in [-0.3, -0.25) is 4.79 Å². The van der Waals surface area contributed by atoms with Crippen molar-refractivity contribution < 1.29 is 9.18 Å². The Morgan fingerprint density at radius 2 is 2.47 bits per heavy atom. The highest BCUT2D eigenvalue weighted by molar-refractivity contribution is 5.90. The highest BCUT2D eigenvalue weighted by atomic mass is 19.1. The van der Waals surface area contributed by atoms with Gasteiger partial charge in [0.2, 0.25) is 5.95 Å². The molecule has 1 saturated heterocycles. The number of piperidine rings is 1. The van der Waals surface area contributed by atoms with E-state index in [0.29, 0.717) is 13.0 Å². The highest BCUT2D eigenvalue weighted by Crippen LogP contribution is 2.12. The molecule has 1 aromatic rings. The lowest BCUT2D eigenvalue weighted by Gasteiger charge is -2.27. The number of amides is 1. The molecular formula is C10H14FN5O. The Labute approximate surface area is 97.8 Å². The van der Waals surface area contributed by atoms with Crippen LogP contribution in [0.3, 0.4) is 0 Å². The fourth-order valence-corrected chi connectivity index (χ4v) is 1.71. The summed E-state index contributed by atoms with van der Waals surface area (Å²) < 4.78 is 13.5. The van der Waals surface area contributed by atoms with Crippen LogP contribution in [0.2, 0.25) is 0 Å². The van der Waals surface area contributed by atoms with E-state index in [2.05, 4.69) is 20.6 Å². The molecule has 1 aromatic heterocycles. The summed E-state index contributed by atoms with van der Waals surface area (Å²) in [4.78, 5) is 18.8. The van der Waals surface area contributed by atoms with Crippen molar-refractivity contribution in [3.8, 4) is 0 Å². The molecule has 17 heavy (non-hydrogen) atoms. The van der Waals surface area contributed by atoms with E-state index in [4.69, 9.17) is 5.73 Å². The first kappa shape index (κ1) is 11.7. The van der Waals surface area contributed by atoms with Gasteiger partial charge in [-0.2, -0.15) is 0 Å². The third-order valence-corrected chi connectivity index (χ3v) is 2.63. The Morgan fingerprint density at radius 3 is 3.18 bits per heavy atom. The number of anilines is 1. The molecule has 2 heterocycles. The van der Waals surface area contributed by atoms with Crippen molar-refractivity contribution in [2.75, 3.05) is 18.4 Å². The molecule has 1 fully saturated rings. The zero-order valence-corrected chi connectivity index (χ0v) is 9.19. The van der Waals surface area contributed by atoms with E-state index < -0.39 is 12.1 Å². The number of primary amides is 1. The number of nitrogens with two attached hydrogens (primary N) is 1. The number of hydrogen-bond acceptors (Lipinski definition) is 5. The summed E-state index contributed by atoms with van der Waals surface area (Å²) in [5.74, 6) is -0.395. The van der Waals surface area contributed by atoms with Crippen molar-refractivity contribution in [3.05, 3.63) is 18.0 Å². The number of halogens is 1. The molecule has 0 aliphatic carbocycles. The largest absolute Gasteiger partial charge is 0.364 e. The minimum atomic E-state index is -0.996. The topological polar surface area (TPSA) is 92.9 Å². The summed E-state index contributed by atoms with van der Waals surface area (Å²) in [7, 11) is 0. The Hall–Kier alpha value is -1.76. The molecule has 0 bridgehead atoms. The van der Waals surface area contributed by atoms with Gasteiger partial charge in [-0.25, -0.2) is 14.4 Å². The van der Waals surface area contributed by atoms with Crippen LogP contribution in [0.4, 0.5) is 10.3 Å². The van der Waals surface area contributed by atoms with Crippen LogP contribution in [0.5, 0.6) is 0 Å². The molecule has 0 saturated carbocycles. The van der Waals surface area contributed by atoms with Crippen molar-refractivity contribution in [2.45, 2.75) is 18.6 Å². The highest BCUT2D eigenvalue weighted by Gasteiger charge is 2.25. The van der Waals surface area contributed by atoms with E-state index in [1.165, 1.54) is 12.3 Å². The normalized spacial score (nSPS) is 24.3. The number of nitrogens with zero attached hydrogens (tertiary/aromatic N) is 2. The SMILES string of the molecule is NC(=O)c1ccnc(N[C@@H]2CCNC[C@@H]2F)n1. The molecule has 0 radical (unpaired) electrons. The van der Waals surface area contributed by atoms with Crippen LogP contribution >= 0.6 is 0 Å². The predicted octanol–water partition coefficient (Wildman–Crippen LogP) is -0.313. The van der Waals surface area contributed by atoms with Crippen molar-refractivity contribution in [3.63, 3.8) is 0 Å². The second-order valence-corrected chi connectivity index (χ2v) is 3.89. The monoisotopic (exact) mass is 239 g/mol. The first-order chi connectivity index (χ1) is 8.16. The summed E-state index contributed by atoms with van der Waals surface area (Å²) in [6.45, 7) is 1.06. The van der Waals surface area contributed by atoms with Crippen molar-refractivity contribution in [1.82, 2.24) is 15.3 Å². The average molecular weight is 239 g/mol. The molecule has 1 aliphatic rings. The number of aromatic nitrogens is 2. The Morgan fingerprint density at radius 1 is 1.65 bits per heavy atom. The van der Waals surface area contributed by atoms with Gasteiger partial charge in [-0.15, -0.1) is 0 Å². The van der Waals surface area contributed by atoms with Gasteiger partial charge in [0.1, 0.15) is 11.9 Å². The van der Waals surface area contributed by atoms with Gasteiger partial charge in [0.15, 0.2) is 0 Å². The maximum absolute atomic E-state index is 13.5. The number of alkyl halides is 1. The Balaban J connectivity index is 2.07. The Kier molecular flexibility index (Phi) is 3.48. The smallest absolute Gasteiger partial charge is 0.267 e. The fraction of sp³-hybridized carbons (Fsp3) is 0.500. The fourth-order valence-electron chi connectivity index (χ4n) is 1.71. The number of carbonyl (C=O) groups is 1. The van der Waals surface area contributed by atoms with Crippen LogP contribution in [0.25, 0.3) is 0 Å². The van der Waals surface area contributed by atoms with Crippen molar-refractivity contribution in [1.29, 1.82) is 0 Å². The molecule has 4 N–H and O–H groups in total. The van der Waals surface area contributed by atoms with Crippen molar-refractivity contribution in [2.24, 2.45) is 5.73 Å². The summed E-state index contributed by atoms with van der Waals surface area (Å²) in [6, 6.07) is 1.09. The third kappa shape index (κ3) is 2.88. The second-order valence-electron chi connectivity index (χ2n) is 3.89. The maximum atomic E-state index is 13.5. The molecule has 0 unspecified atom stereocenters. The molecule has 6 nitrogen and oxygen atoms in total. The van der Waals surface area contributed by atoms with Gasteiger partial charge < -0.3 is 16.4 Å². The molecule has 0 aromatic carbocycles. The Bertz CT molecular complexity index is 413. The minimum Gasteiger partial charge on any atom is -0.364 e. The first-order valence-corrected chi connectivity index (χ1v) is 5.41. The summed E-state index contributed by atoms with van der Waals surface area (Å²) >= 11 is 0. The average Bonchev–Trinajstić information content (AvgIpc) is 2.32. The van der Waals surface area contributed by atoms with Crippen LogP contribution in [-0.2, 0) is 0 Å². The van der Waals surface area contributed by atoms with E-state index in [1.807, 2.05) is 0 Å². The number of hydrogen-bond donors (Lipinski definition) is 3. The van der Waals surface area contributed by atoms with Crippen molar-refractivity contribution >= 4 is 11.9 Å². The van der Waals surface area contributed by atoms with Gasteiger partial charge in [0, 0.05) is 12.7 Å². The lowest BCUT2D eigenvalue weighted by molar-refractivity contribution is 0.0995. The predicted molar refractivity (Wildman–Crippen MR) is 60.3 cm³/mol. The van der Waals surface area contributed by atoms with E-state index in [9.17, 15) is 9.18 Å². The number of carbonyl (C=O) groups excluding carboxylic acids is 1.